The Morgan fingerprint density at radius 1 is 1.03 bits per heavy atom. The number of rotatable bonds is 6. The summed E-state index contributed by atoms with van der Waals surface area (Å²) in [7, 11) is 2.13. The molecule has 34 heavy (non-hydrogen) atoms. The fourth-order valence-corrected chi connectivity index (χ4v) is 7.48. The quantitative estimate of drug-likeness (QED) is 0.449. The van der Waals surface area contributed by atoms with Gasteiger partial charge in [-0.25, -0.2) is 9.59 Å². The maximum atomic E-state index is 13.0. The second-order valence-corrected chi connectivity index (χ2v) is 10.8. The molecule has 0 unspecified atom stereocenters. The van der Waals surface area contributed by atoms with Gasteiger partial charge in [0.05, 0.1) is 17.2 Å². The van der Waals surface area contributed by atoms with Crippen LogP contribution in [-0.4, -0.2) is 36.8 Å². The first-order valence-corrected chi connectivity index (χ1v) is 13.6. The summed E-state index contributed by atoms with van der Waals surface area (Å²) in [4.78, 5) is 29.2. The number of hydrogen-bond donors (Lipinski definition) is 2. The van der Waals surface area contributed by atoms with Crippen LogP contribution < -0.4 is 15.5 Å². The van der Waals surface area contributed by atoms with Crippen molar-refractivity contribution >= 4 is 44.7 Å². The van der Waals surface area contributed by atoms with E-state index < -0.39 is 0 Å². The van der Waals surface area contributed by atoms with Gasteiger partial charge < -0.3 is 19.5 Å². The summed E-state index contributed by atoms with van der Waals surface area (Å²) in [6, 6.07) is 3.73. The Morgan fingerprint density at radius 2 is 1.79 bits per heavy atom. The van der Waals surface area contributed by atoms with Crippen LogP contribution in [0.25, 0.3) is 5.00 Å². The van der Waals surface area contributed by atoms with Crippen LogP contribution in [0.1, 0.15) is 58.1 Å². The molecular weight excluding hydrogens is 468 g/mol. The first-order valence-electron chi connectivity index (χ1n) is 11.9. The topological polar surface area (TPSA) is 75.6 Å². The van der Waals surface area contributed by atoms with Crippen molar-refractivity contribution in [3.63, 3.8) is 0 Å². The zero-order valence-electron chi connectivity index (χ0n) is 19.6. The molecule has 1 aliphatic heterocycles. The Balaban J connectivity index is 1.37. The third-order valence-corrected chi connectivity index (χ3v) is 9.09. The summed E-state index contributed by atoms with van der Waals surface area (Å²) >= 11 is 3.28. The van der Waals surface area contributed by atoms with Crippen LogP contribution in [0, 0.1) is 0 Å². The van der Waals surface area contributed by atoms with Crippen LogP contribution in [0.2, 0.25) is 0 Å². The first kappa shape index (κ1) is 23.0. The maximum absolute atomic E-state index is 13.0. The molecule has 0 spiro atoms. The van der Waals surface area contributed by atoms with E-state index in [1.54, 1.807) is 18.3 Å². The van der Waals surface area contributed by atoms with Crippen molar-refractivity contribution in [3.8, 4) is 5.00 Å². The zero-order chi connectivity index (χ0) is 23.7. The lowest BCUT2D eigenvalue weighted by Crippen LogP contribution is -2.30. The highest BCUT2D eigenvalue weighted by Gasteiger charge is 2.28. The van der Waals surface area contributed by atoms with Crippen molar-refractivity contribution in [1.82, 2.24) is 9.88 Å². The molecule has 9 heteroatoms. The molecule has 2 amide bonds. The molecule has 2 aliphatic rings. The van der Waals surface area contributed by atoms with Crippen molar-refractivity contribution in [3.05, 3.63) is 51.7 Å². The van der Waals surface area contributed by atoms with Gasteiger partial charge in [0.25, 0.3) is 0 Å². The number of nitrogens with zero attached hydrogens (tertiary/aromatic N) is 2. The summed E-state index contributed by atoms with van der Waals surface area (Å²) in [6.07, 6.45) is 10.2. The number of esters is 1. The van der Waals surface area contributed by atoms with Gasteiger partial charge in [0.15, 0.2) is 0 Å². The highest BCUT2D eigenvalue weighted by atomic mass is 32.1. The maximum Gasteiger partial charge on any atom is 0.341 e. The van der Waals surface area contributed by atoms with E-state index in [0.29, 0.717) is 23.7 Å². The van der Waals surface area contributed by atoms with Crippen molar-refractivity contribution < 1.29 is 14.3 Å². The van der Waals surface area contributed by atoms with Gasteiger partial charge in [-0.15, -0.1) is 11.3 Å². The van der Waals surface area contributed by atoms with Gasteiger partial charge in [0, 0.05) is 43.0 Å². The molecule has 0 aromatic carbocycles. The number of thiophene rings is 2. The van der Waals surface area contributed by atoms with Gasteiger partial charge in [-0.1, -0.05) is 11.3 Å². The van der Waals surface area contributed by atoms with Crippen molar-refractivity contribution in [2.45, 2.75) is 52.0 Å². The van der Waals surface area contributed by atoms with Gasteiger partial charge >= 0.3 is 12.0 Å². The fraction of sp³-hybridized carbons (Fsp3) is 0.440. The average Bonchev–Trinajstić information content (AvgIpc) is 3.55. The van der Waals surface area contributed by atoms with Crippen LogP contribution >= 0.6 is 22.7 Å². The minimum absolute atomic E-state index is 0.299. The molecule has 3 aromatic rings. The van der Waals surface area contributed by atoms with E-state index in [9.17, 15) is 9.59 Å². The SMILES string of the molecule is CCOC(=O)c1c(NC(=O)NCc2c(-n3cccc3)sc3c2CCCN3C)sc2c1CCCC2. The molecule has 2 N–H and O–H groups in total. The molecule has 180 valence electrons. The molecule has 0 atom stereocenters. The van der Waals surface area contributed by atoms with Gasteiger partial charge in [0.2, 0.25) is 0 Å². The summed E-state index contributed by atoms with van der Waals surface area (Å²) in [5, 5.41) is 9.04. The monoisotopic (exact) mass is 498 g/mol. The van der Waals surface area contributed by atoms with Crippen LogP contribution in [0.15, 0.2) is 24.5 Å². The normalized spacial score (nSPS) is 14.9. The number of carbonyl (C=O) groups excluding carboxylic acids is 2. The van der Waals surface area contributed by atoms with Gasteiger partial charge in [0.1, 0.15) is 10.0 Å². The van der Waals surface area contributed by atoms with E-state index in [2.05, 4.69) is 27.1 Å². The number of fused-ring (bicyclic) bond motifs is 2. The number of amides is 2. The highest BCUT2D eigenvalue weighted by Crippen LogP contribution is 2.42. The average molecular weight is 499 g/mol. The number of ether oxygens (including phenoxy) is 1. The molecule has 0 saturated carbocycles. The van der Waals surface area contributed by atoms with E-state index in [1.165, 1.54) is 26.8 Å². The molecule has 3 aromatic heterocycles. The van der Waals surface area contributed by atoms with E-state index in [-0.39, 0.29) is 12.0 Å². The van der Waals surface area contributed by atoms with Crippen LogP contribution in [-0.2, 0) is 30.5 Å². The van der Waals surface area contributed by atoms with E-state index in [1.807, 2.05) is 24.5 Å². The summed E-state index contributed by atoms with van der Waals surface area (Å²) in [5.74, 6) is -0.345. The predicted molar refractivity (Wildman–Crippen MR) is 138 cm³/mol. The Kier molecular flexibility index (Phi) is 6.65. The van der Waals surface area contributed by atoms with E-state index in [4.69, 9.17) is 4.74 Å². The molecule has 4 heterocycles. The van der Waals surface area contributed by atoms with Crippen molar-refractivity contribution in [2.75, 3.05) is 30.4 Å². The minimum atomic E-state index is -0.345. The molecule has 1 aliphatic carbocycles. The van der Waals surface area contributed by atoms with Gasteiger partial charge in [-0.05, 0) is 68.7 Å². The lowest BCUT2D eigenvalue weighted by molar-refractivity contribution is 0.0526. The number of urea groups is 1. The lowest BCUT2D eigenvalue weighted by atomic mass is 9.95. The van der Waals surface area contributed by atoms with Gasteiger partial charge in [-0.3, -0.25) is 5.32 Å². The number of hydrogen-bond acceptors (Lipinski definition) is 6. The van der Waals surface area contributed by atoms with E-state index in [0.717, 1.165) is 61.2 Å². The van der Waals surface area contributed by atoms with Crippen LogP contribution in [0.3, 0.4) is 0 Å². The molecule has 0 radical (unpaired) electrons. The Hall–Kier alpha value is -2.78. The Bertz CT molecular complexity index is 1200. The highest BCUT2D eigenvalue weighted by molar-refractivity contribution is 7.19. The number of carbonyl (C=O) groups is 2. The Labute approximate surface area is 207 Å². The molecule has 7 nitrogen and oxygen atoms in total. The number of nitrogens with one attached hydrogen (secondary N) is 2. The first-order chi connectivity index (χ1) is 16.6. The fourth-order valence-electron chi connectivity index (χ4n) is 4.88. The Morgan fingerprint density at radius 3 is 2.59 bits per heavy atom. The minimum Gasteiger partial charge on any atom is -0.462 e. The number of anilines is 2. The summed E-state index contributed by atoms with van der Waals surface area (Å²) in [6.45, 7) is 3.59. The third-order valence-electron chi connectivity index (χ3n) is 6.48. The molecule has 0 fully saturated rings. The van der Waals surface area contributed by atoms with Gasteiger partial charge in [-0.2, -0.15) is 0 Å². The standard InChI is InChI=1S/C25H30N4O3S2/c1-3-32-24(30)20-17-9-4-5-11-19(17)33-21(20)27-25(31)26-15-18-16-10-8-12-28(2)22(16)34-23(18)29-13-6-7-14-29/h6-7,13-14H,3-5,8-12,15H2,1-2H3,(H2,26,27,31). The summed E-state index contributed by atoms with van der Waals surface area (Å²) < 4.78 is 7.44. The molecular formula is C25H30N4O3S2. The second-order valence-electron chi connectivity index (χ2n) is 8.73. The summed E-state index contributed by atoms with van der Waals surface area (Å²) in [5.41, 5.74) is 4.07. The van der Waals surface area contributed by atoms with Crippen molar-refractivity contribution in [1.29, 1.82) is 0 Å². The van der Waals surface area contributed by atoms with Crippen LogP contribution in [0.4, 0.5) is 14.8 Å². The molecule has 5 rings (SSSR count). The smallest absolute Gasteiger partial charge is 0.341 e. The second kappa shape index (κ2) is 9.84. The molecule has 0 saturated heterocycles. The molecule has 0 bridgehead atoms. The largest absolute Gasteiger partial charge is 0.462 e. The third kappa shape index (κ3) is 4.34. The predicted octanol–water partition coefficient (Wildman–Crippen LogP) is 5.36. The van der Waals surface area contributed by atoms with E-state index >= 15 is 0 Å². The van der Waals surface area contributed by atoms with Crippen molar-refractivity contribution in [2.24, 2.45) is 0 Å². The number of aromatic nitrogens is 1. The number of aryl methyl sites for hydroxylation is 1. The van der Waals surface area contributed by atoms with Crippen LogP contribution in [0.5, 0.6) is 0 Å². The lowest BCUT2D eigenvalue weighted by Gasteiger charge is -2.24. The zero-order valence-corrected chi connectivity index (χ0v) is 21.2.